The lowest BCUT2D eigenvalue weighted by atomic mass is 9.89. The van der Waals surface area contributed by atoms with Crippen molar-refractivity contribution < 1.29 is 4.79 Å². The van der Waals surface area contributed by atoms with Gasteiger partial charge in [-0.05, 0) is 23.8 Å². The summed E-state index contributed by atoms with van der Waals surface area (Å²) in [6.07, 6.45) is 4.46. The van der Waals surface area contributed by atoms with Crippen molar-refractivity contribution >= 4 is 11.6 Å². The number of anilines is 1. The molecule has 0 saturated heterocycles. The molecule has 0 fully saturated rings. The molecule has 1 aliphatic heterocycles. The standard InChI is InChI=1S/C22H25N5O/c1-22(2,3)20-18(14-27(26-20)17-7-5-4-6-8-17)21(28)25-16-11-15-12-23-10-9-19(15)24-13-16/h4-8,11,13-14,23H,9-10,12H2,1-3H3,(H,25,28). The number of nitrogens with one attached hydrogen (secondary N) is 2. The maximum atomic E-state index is 13.1. The van der Waals surface area contributed by atoms with Crippen molar-refractivity contribution in [1.82, 2.24) is 20.1 Å². The van der Waals surface area contributed by atoms with Gasteiger partial charge in [-0.3, -0.25) is 9.78 Å². The summed E-state index contributed by atoms with van der Waals surface area (Å²) in [7, 11) is 0. The molecule has 1 aliphatic rings. The highest BCUT2D eigenvalue weighted by molar-refractivity contribution is 6.05. The molecule has 0 atom stereocenters. The van der Waals surface area contributed by atoms with E-state index in [9.17, 15) is 4.79 Å². The monoisotopic (exact) mass is 375 g/mol. The summed E-state index contributed by atoms with van der Waals surface area (Å²) in [5, 5.41) is 11.1. The highest BCUT2D eigenvalue weighted by Crippen LogP contribution is 2.26. The van der Waals surface area contributed by atoms with E-state index in [2.05, 4.69) is 36.4 Å². The minimum absolute atomic E-state index is 0.169. The Bertz CT molecular complexity index is 1000. The van der Waals surface area contributed by atoms with Crippen LogP contribution in [0.1, 0.15) is 48.1 Å². The minimum atomic E-state index is -0.259. The van der Waals surface area contributed by atoms with Gasteiger partial charge in [-0.2, -0.15) is 5.10 Å². The lowest BCUT2D eigenvalue weighted by molar-refractivity contribution is 0.102. The molecule has 4 rings (SSSR count). The van der Waals surface area contributed by atoms with Crippen molar-refractivity contribution in [3.8, 4) is 5.69 Å². The molecule has 28 heavy (non-hydrogen) atoms. The molecule has 0 saturated carbocycles. The van der Waals surface area contributed by atoms with Gasteiger partial charge in [-0.15, -0.1) is 0 Å². The zero-order valence-electron chi connectivity index (χ0n) is 16.5. The van der Waals surface area contributed by atoms with E-state index < -0.39 is 0 Å². The van der Waals surface area contributed by atoms with E-state index >= 15 is 0 Å². The number of rotatable bonds is 3. The first-order chi connectivity index (χ1) is 13.4. The van der Waals surface area contributed by atoms with Crippen LogP contribution in [0.25, 0.3) is 5.69 Å². The van der Waals surface area contributed by atoms with Crippen LogP contribution in [0, 0.1) is 0 Å². The molecular formula is C22H25N5O. The number of hydrogen-bond donors (Lipinski definition) is 2. The molecule has 3 aromatic rings. The van der Waals surface area contributed by atoms with Crippen LogP contribution in [0.2, 0.25) is 0 Å². The molecule has 6 heteroatoms. The fraction of sp³-hybridized carbons (Fsp3) is 0.318. The van der Waals surface area contributed by atoms with Gasteiger partial charge in [-0.1, -0.05) is 39.0 Å². The molecule has 1 aromatic carbocycles. The predicted molar refractivity (Wildman–Crippen MR) is 110 cm³/mol. The van der Waals surface area contributed by atoms with E-state index in [0.29, 0.717) is 11.3 Å². The molecule has 0 spiro atoms. The average Bonchev–Trinajstić information content (AvgIpc) is 3.15. The Labute approximate surface area is 165 Å². The summed E-state index contributed by atoms with van der Waals surface area (Å²) in [5.41, 5.74) is 4.95. The highest BCUT2D eigenvalue weighted by atomic mass is 16.1. The van der Waals surface area contributed by atoms with E-state index in [1.165, 1.54) is 0 Å². The van der Waals surface area contributed by atoms with Crippen molar-refractivity contribution in [3.05, 3.63) is 71.3 Å². The smallest absolute Gasteiger partial charge is 0.259 e. The van der Waals surface area contributed by atoms with E-state index in [-0.39, 0.29) is 11.3 Å². The third-order valence-corrected chi connectivity index (χ3v) is 4.86. The second kappa shape index (κ2) is 7.20. The Hall–Kier alpha value is -2.99. The van der Waals surface area contributed by atoms with Gasteiger partial charge in [0.2, 0.25) is 0 Å². The SMILES string of the molecule is CC(C)(C)c1nn(-c2ccccc2)cc1C(=O)Nc1cnc2c(c1)CNCC2. The lowest BCUT2D eigenvalue weighted by Gasteiger charge is -2.18. The van der Waals surface area contributed by atoms with Crippen LogP contribution >= 0.6 is 0 Å². The van der Waals surface area contributed by atoms with Crippen LogP contribution < -0.4 is 10.6 Å². The maximum Gasteiger partial charge on any atom is 0.259 e. The van der Waals surface area contributed by atoms with Crippen LogP contribution in [0.4, 0.5) is 5.69 Å². The minimum Gasteiger partial charge on any atom is -0.320 e. The van der Waals surface area contributed by atoms with Crippen LogP contribution in [-0.2, 0) is 18.4 Å². The van der Waals surface area contributed by atoms with Crippen molar-refractivity contribution in [2.45, 2.75) is 39.2 Å². The second-order valence-electron chi connectivity index (χ2n) is 8.13. The summed E-state index contributed by atoms with van der Waals surface area (Å²) < 4.78 is 1.77. The molecule has 0 unspecified atom stereocenters. The molecule has 2 N–H and O–H groups in total. The zero-order chi connectivity index (χ0) is 19.7. The molecular weight excluding hydrogens is 350 g/mol. The van der Waals surface area contributed by atoms with E-state index in [4.69, 9.17) is 5.10 Å². The first-order valence-electron chi connectivity index (χ1n) is 9.57. The quantitative estimate of drug-likeness (QED) is 0.735. The molecule has 0 radical (unpaired) electrons. The summed E-state index contributed by atoms with van der Waals surface area (Å²) in [6, 6.07) is 11.8. The Morgan fingerprint density at radius 2 is 2.00 bits per heavy atom. The van der Waals surface area contributed by atoms with Gasteiger partial charge in [0, 0.05) is 36.8 Å². The molecule has 0 aliphatic carbocycles. The number of benzene rings is 1. The normalized spacial score (nSPS) is 13.8. The number of carbonyl (C=O) groups is 1. The molecule has 1 amide bonds. The van der Waals surface area contributed by atoms with Gasteiger partial charge in [-0.25, -0.2) is 4.68 Å². The van der Waals surface area contributed by atoms with Crippen molar-refractivity contribution in [1.29, 1.82) is 0 Å². The molecule has 3 heterocycles. The van der Waals surface area contributed by atoms with Gasteiger partial charge >= 0.3 is 0 Å². The van der Waals surface area contributed by atoms with Gasteiger partial charge in [0.1, 0.15) is 0 Å². The second-order valence-corrected chi connectivity index (χ2v) is 8.13. The first-order valence-corrected chi connectivity index (χ1v) is 9.57. The highest BCUT2D eigenvalue weighted by Gasteiger charge is 2.27. The number of nitrogens with zero attached hydrogens (tertiary/aromatic N) is 3. The molecule has 0 bridgehead atoms. The first kappa shape index (κ1) is 18.4. The number of aromatic nitrogens is 3. The van der Waals surface area contributed by atoms with Gasteiger partial charge in [0.15, 0.2) is 0 Å². The summed E-state index contributed by atoms with van der Waals surface area (Å²) in [6.45, 7) is 7.92. The van der Waals surface area contributed by atoms with Crippen molar-refractivity contribution in [3.63, 3.8) is 0 Å². The van der Waals surface area contributed by atoms with E-state index in [1.807, 2.05) is 36.4 Å². The maximum absolute atomic E-state index is 13.1. The lowest BCUT2D eigenvalue weighted by Crippen LogP contribution is -2.25. The molecule has 2 aromatic heterocycles. The number of amides is 1. The van der Waals surface area contributed by atoms with Gasteiger partial charge in [0.25, 0.3) is 5.91 Å². The topological polar surface area (TPSA) is 71.8 Å². The fourth-order valence-electron chi connectivity index (χ4n) is 3.42. The predicted octanol–water partition coefficient (Wildman–Crippen LogP) is 3.46. The number of fused-ring (bicyclic) bond motifs is 1. The summed E-state index contributed by atoms with van der Waals surface area (Å²) in [5.74, 6) is -0.169. The fourth-order valence-corrected chi connectivity index (χ4v) is 3.42. The van der Waals surface area contributed by atoms with Gasteiger partial charge < -0.3 is 10.6 Å². The summed E-state index contributed by atoms with van der Waals surface area (Å²) >= 11 is 0. The Balaban J connectivity index is 1.66. The third kappa shape index (κ3) is 3.68. The van der Waals surface area contributed by atoms with E-state index in [0.717, 1.165) is 42.1 Å². The number of pyridine rings is 1. The van der Waals surface area contributed by atoms with Crippen LogP contribution in [0.5, 0.6) is 0 Å². The molecule has 144 valence electrons. The van der Waals surface area contributed by atoms with Crippen molar-refractivity contribution in [2.75, 3.05) is 11.9 Å². The van der Waals surface area contributed by atoms with Gasteiger partial charge in [0.05, 0.1) is 28.8 Å². The van der Waals surface area contributed by atoms with Crippen molar-refractivity contribution in [2.24, 2.45) is 0 Å². The zero-order valence-corrected chi connectivity index (χ0v) is 16.5. The van der Waals surface area contributed by atoms with E-state index in [1.54, 1.807) is 17.1 Å². The average molecular weight is 375 g/mol. The van der Waals surface area contributed by atoms with Crippen LogP contribution in [0.15, 0.2) is 48.8 Å². The van der Waals surface area contributed by atoms with Crippen LogP contribution in [-0.4, -0.2) is 27.2 Å². The summed E-state index contributed by atoms with van der Waals surface area (Å²) in [4.78, 5) is 17.6. The van der Waals surface area contributed by atoms with Crippen LogP contribution in [0.3, 0.4) is 0 Å². The largest absolute Gasteiger partial charge is 0.320 e. The third-order valence-electron chi connectivity index (χ3n) is 4.86. The number of para-hydroxylation sites is 1. The Morgan fingerprint density at radius 1 is 1.21 bits per heavy atom. The Kier molecular flexibility index (Phi) is 4.73. The molecule has 6 nitrogen and oxygen atoms in total. The Morgan fingerprint density at radius 3 is 2.75 bits per heavy atom. The number of carbonyl (C=O) groups excluding carboxylic acids is 1. The number of hydrogen-bond acceptors (Lipinski definition) is 4.